The maximum atomic E-state index is 12.7. The van der Waals surface area contributed by atoms with Gasteiger partial charge >= 0.3 is 0 Å². The summed E-state index contributed by atoms with van der Waals surface area (Å²) in [7, 11) is -3.77. The summed E-state index contributed by atoms with van der Waals surface area (Å²) in [4.78, 5) is 23.0. The van der Waals surface area contributed by atoms with Crippen molar-refractivity contribution in [2.75, 3.05) is 6.66 Å². The molecule has 0 bridgehead atoms. The largest absolute Gasteiger partial charge is 0.344 e. The Kier molecular flexibility index (Phi) is 6.09. The lowest BCUT2D eigenvalue weighted by Gasteiger charge is -2.18. The van der Waals surface area contributed by atoms with E-state index in [0.717, 1.165) is 10.3 Å². The second-order valence-electron chi connectivity index (χ2n) is 6.04. The van der Waals surface area contributed by atoms with Crippen LogP contribution >= 0.6 is 41.9 Å². The van der Waals surface area contributed by atoms with E-state index in [1.54, 1.807) is 41.8 Å². The summed E-state index contributed by atoms with van der Waals surface area (Å²) in [6.45, 7) is 1.18. The van der Waals surface area contributed by atoms with Gasteiger partial charge in [-0.25, -0.2) is 0 Å². The number of amides is 1. The molecule has 2 aromatic carbocycles. The Labute approximate surface area is 170 Å². The first-order valence-electron chi connectivity index (χ1n) is 7.95. The topological polar surface area (TPSA) is 66.4 Å². The Bertz CT molecular complexity index is 1070. The van der Waals surface area contributed by atoms with Gasteiger partial charge in [-0.2, -0.15) is 0 Å². The van der Waals surface area contributed by atoms with Gasteiger partial charge in [0.25, 0.3) is 0 Å². The first-order valence-corrected chi connectivity index (χ1v) is 11.8. The van der Waals surface area contributed by atoms with Crippen LogP contribution in [0.1, 0.15) is 16.8 Å². The molecule has 1 heterocycles. The van der Waals surface area contributed by atoms with Gasteiger partial charge in [0, 0.05) is 27.6 Å². The molecule has 0 saturated heterocycles. The first kappa shape index (κ1) is 20.1. The summed E-state index contributed by atoms with van der Waals surface area (Å²) >= 11 is 13.5. The smallest absolute Gasteiger partial charge is 0.241 e. The molecule has 2 atom stereocenters. The molecule has 1 amide bonds. The maximum Gasteiger partial charge on any atom is 0.241 e. The molecule has 27 heavy (non-hydrogen) atoms. The third-order valence-corrected chi connectivity index (χ3v) is 7.01. The SMILES string of the molecule is CP(=O)(O)C(C(=O)N/C=C/c1ccccc1Cl)c1csc2ccc(Cl)cc12. The highest BCUT2D eigenvalue weighted by Crippen LogP contribution is 2.54. The molecule has 1 aromatic heterocycles. The molecular formula is C19H16Cl2NO3PS. The number of thiophene rings is 1. The zero-order valence-electron chi connectivity index (χ0n) is 14.2. The lowest BCUT2D eigenvalue weighted by Crippen LogP contribution is -2.25. The molecule has 0 aliphatic heterocycles. The highest BCUT2D eigenvalue weighted by Gasteiger charge is 2.36. The minimum absolute atomic E-state index is 0.495. The fraction of sp³-hybridized carbons (Fsp3) is 0.105. The molecule has 140 valence electrons. The van der Waals surface area contributed by atoms with Crippen molar-refractivity contribution in [1.82, 2.24) is 5.32 Å². The molecule has 3 rings (SSSR count). The van der Waals surface area contributed by atoms with Crippen LogP contribution in [-0.4, -0.2) is 17.5 Å². The average Bonchev–Trinajstić information content (AvgIpc) is 2.98. The van der Waals surface area contributed by atoms with Crippen LogP contribution in [-0.2, 0) is 9.36 Å². The third kappa shape index (κ3) is 4.63. The first-order chi connectivity index (χ1) is 12.8. The number of carbonyl (C=O) groups excluding carboxylic acids is 1. The van der Waals surface area contributed by atoms with Crippen LogP contribution in [0.5, 0.6) is 0 Å². The summed E-state index contributed by atoms with van der Waals surface area (Å²) in [5, 5.41) is 6.08. The highest BCUT2D eigenvalue weighted by molar-refractivity contribution is 7.58. The number of rotatable bonds is 5. The Hall–Kier alpha value is -1.62. The van der Waals surface area contributed by atoms with Crippen molar-refractivity contribution in [3.63, 3.8) is 0 Å². The molecule has 0 saturated carbocycles. The van der Waals surface area contributed by atoms with Gasteiger partial charge in [-0.05, 0) is 52.2 Å². The van der Waals surface area contributed by atoms with Gasteiger partial charge in [0.05, 0.1) is 0 Å². The molecule has 2 N–H and O–H groups in total. The Morgan fingerprint density at radius 2 is 2.00 bits per heavy atom. The standard InChI is InChI=1S/C19H16Cl2NO3PS/c1-26(24,25)18(15-11-27-17-7-6-13(20)10-14(15)17)19(23)22-9-8-12-4-2-3-5-16(12)21/h2-11,18H,1H3,(H,22,23)(H,24,25)/b9-8+. The summed E-state index contributed by atoms with van der Waals surface area (Å²) in [6.07, 6.45) is 3.06. The Morgan fingerprint density at radius 3 is 2.70 bits per heavy atom. The Morgan fingerprint density at radius 1 is 1.26 bits per heavy atom. The van der Waals surface area contributed by atoms with E-state index < -0.39 is 18.9 Å². The third-order valence-electron chi connectivity index (χ3n) is 3.98. The number of nitrogens with one attached hydrogen (secondary N) is 1. The van der Waals surface area contributed by atoms with Crippen LogP contribution in [0.4, 0.5) is 0 Å². The van der Waals surface area contributed by atoms with Crippen molar-refractivity contribution in [2.24, 2.45) is 0 Å². The fourth-order valence-electron chi connectivity index (χ4n) is 2.75. The van der Waals surface area contributed by atoms with Crippen LogP contribution in [0.15, 0.2) is 54.0 Å². The zero-order valence-corrected chi connectivity index (χ0v) is 17.4. The molecule has 3 aromatic rings. The van der Waals surface area contributed by atoms with E-state index in [2.05, 4.69) is 5.32 Å². The minimum Gasteiger partial charge on any atom is -0.344 e. The fourth-order valence-corrected chi connectivity index (χ4v) is 5.43. The number of carbonyl (C=O) groups is 1. The molecule has 0 aliphatic carbocycles. The normalized spacial score (nSPS) is 15.0. The number of fused-ring (bicyclic) bond motifs is 1. The monoisotopic (exact) mass is 439 g/mol. The van der Waals surface area contributed by atoms with Gasteiger partial charge < -0.3 is 10.2 Å². The second-order valence-corrected chi connectivity index (χ2v) is 10.2. The van der Waals surface area contributed by atoms with Crippen LogP contribution in [0.2, 0.25) is 10.0 Å². The van der Waals surface area contributed by atoms with Crippen molar-refractivity contribution >= 4 is 64.0 Å². The van der Waals surface area contributed by atoms with Gasteiger partial charge in [0.15, 0.2) is 0 Å². The van der Waals surface area contributed by atoms with Gasteiger partial charge in [0.2, 0.25) is 13.3 Å². The van der Waals surface area contributed by atoms with E-state index in [9.17, 15) is 14.3 Å². The Balaban J connectivity index is 1.91. The maximum absolute atomic E-state index is 12.7. The zero-order chi connectivity index (χ0) is 19.6. The number of benzene rings is 2. The van der Waals surface area contributed by atoms with Crippen molar-refractivity contribution in [1.29, 1.82) is 0 Å². The van der Waals surface area contributed by atoms with Crippen molar-refractivity contribution in [2.45, 2.75) is 5.66 Å². The number of hydrogen-bond donors (Lipinski definition) is 2. The van der Waals surface area contributed by atoms with E-state index in [1.807, 2.05) is 12.1 Å². The molecule has 0 spiro atoms. The molecule has 0 aliphatic rings. The molecule has 2 unspecified atom stereocenters. The lowest BCUT2D eigenvalue weighted by atomic mass is 10.1. The van der Waals surface area contributed by atoms with E-state index in [0.29, 0.717) is 21.0 Å². The molecular weight excluding hydrogens is 424 g/mol. The molecule has 0 fully saturated rings. The summed E-state index contributed by atoms with van der Waals surface area (Å²) in [5.74, 6) is -0.564. The molecule has 0 radical (unpaired) electrons. The molecule has 8 heteroatoms. The summed E-state index contributed by atoms with van der Waals surface area (Å²) < 4.78 is 13.4. The van der Waals surface area contributed by atoms with Crippen molar-refractivity contribution in [3.8, 4) is 0 Å². The van der Waals surface area contributed by atoms with E-state index in [1.165, 1.54) is 24.2 Å². The predicted molar refractivity (Wildman–Crippen MR) is 114 cm³/mol. The van der Waals surface area contributed by atoms with Crippen LogP contribution in [0, 0.1) is 0 Å². The minimum atomic E-state index is -3.77. The average molecular weight is 440 g/mol. The van der Waals surface area contributed by atoms with Gasteiger partial charge in [-0.1, -0.05) is 41.4 Å². The van der Waals surface area contributed by atoms with Crippen LogP contribution < -0.4 is 5.32 Å². The molecule has 4 nitrogen and oxygen atoms in total. The number of hydrogen-bond acceptors (Lipinski definition) is 3. The van der Waals surface area contributed by atoms with Crippen LogP contribution in [0.3, 0.4) is 0 Å². The highest BCUT2D eigenvalue weighted by atomic mass is 35.5. The second kappa shape index (κ2) is 8.17. The van der Waals surface area contributed by atoms with E-state index in [4.69, 9.17) is 23.2 Å². The van der Waals surface area contributed by atoms with Crippen molar-refractivity contribution < 1.29 is 14.3 Å². The van der Waals surface area contributed by atoms with E-state index >= 15 is 0 Å². The van der Waals surface area contributed by atoms with E-state index in [-0.39, 0.29) is 0 Å². The number of halogens is 2. The van der Waals surface area contributed by atoms with Gasteiger partial charge in [-0.3, -0.25) is 9.36 Å². The quantitative estimate of drug-likeness (QED) is 0.483. The lowest BCUT2D eigenvalue weighted by molar-refractivity contribution is -0.120. The summed E-state index contributed by atoms with van der Waals surface area (Å²) in [5.41, 5.74) is 0.0301. The predicted octanol–water partition coefficient (Wildman–Crippen LogP) is 5.94. The van der Waals surface area contributed by atoms with Gasteiger partial charge in [-0.15, -0.1) is 11.3 Å². The van der Waals surface area contributed by atoms with Crippen LogP contribution in [0.25, 0.3) is 16.2 Å². The van der Waals surface area contributed by atoms with Crippen molar-refractivity contribution in [3.05, 3.63) is 75.2 Å². The van der Waals surface area contributed by atoms with Gasteiger partial charge in [0.1, 0.15) is 5.66 Å². The summed E-state index contributed by atoms with van der Waals surface area (Å²) in [6, 6.07) is 12.4.